The van der Waals surface area contributed by atoms with E-state index in [-0.39, 0.29) is 11.3 Å². The van der Waals surface area contributed by atoms with Gasteiger partial charge in [0.25, 0.3) is 5.69 Å². The van der Waals surface area contributed by atoms with Crippen molar-refractivity contribution < 1.29 is 4.92 Å². The highest BCUT2D eigenvalue weighted by Crippen LogP contribution is 2.27. The molecule has 7 nitrogen and oxygen atoms in total. The van der Waals surface area contributed by atoms with E-state index < -0.39 is 4.92 Å². The SMILES string of the molecule is Cc1ccccc1-n1nc(C)c(CN(C)c2ccc([N+](=O)[O-])cc2C#N)c1C. The number of hydrogen-bond donors (Lipinski definition) is 0. The van der Waals surface area contributed by atoms with Crippen molar-refractivity contribution in [2.24, 2.45) is 0 Å². The lowest BCUT2D eigenvalue weighted by Crippen LogP contribution is -2.18. The minimum atomic E-state index is -0.495. The third-order valence-electron chi connectivity index (χ3n) is 4.90. The van der Waals surface area contributed by atoms with Crippen LogP contribution >= 0.6 is 0 Å². The van der Waals surface area contributed by atoms with Crippen LogP contribution in [-0.4, -0.2) is 21.8 Å². The fraction of sp³-hybridized carbons (Fsp3) is 0.238. The number of hydrogen-bond acceptors (Lipinski definition) is 5. The Labute approximate surface area is 163 Å². The summed E-state index contributed by atoms with van der Waals surface area (Å²) >= 11 is 0. The molecule has 0 fully saturated rings. The Morgan fingerprint density at radius 2 is 1.93 bits per heavy atom. The first-order valence-electron chi connectivity index (χ1n) is 8.84. The zero-order chi connectivity index (χ0) is 20.4. The fourth-order valence-corrected chi connectivity index (χ4v) is 3.32. The van der Waals surface area contributed by atoms with Gasteiger partial charge in [-0.25, -0.2) is 4.68 Å². The molecule has 28 heavy (non-hydrogen) atoms. The van der Waals surface area contributed by atoms with Crippen LogP contribution in [-0.2, 0) is 6.54 Å². The number of aromatic nitrogens is 2. The average molecular weight is 375 g/mol. The maximum absolute atomic E-state index is 11.0. The first-order chi connectivity index (χ1) is 13.3. The third-order valence-corrected chi connectivity index (χ3v) is 4.90. The van der Waals surface area contributed by atoms with Gasteiger partial charge in [0.15, 0.2) is 0 Å². The number of benzene rings is 2. The molecule has 7 heteroatoms. The van der Waals surface area contributed by atoms with Crippen LogP contribution in [0.5, 0.6) is 0 Å². The molecule has 3 aromatic rings. The summed E-state index contributed by atoms with van der Waals surface area (Å²) in [6.45, 7) is 6.58. The molecule has 3 rings (SSSR count). The molecule has 0 aliphatic rings. The molecule has 0 amide bonds. The highest BCUT2D eigenvalue weighted by molar-refractivity contribution is 5.63. The Balaban J connectivity index is 1.96. The number of rotatable bonds is 5. The zero-order valence-electron chi connectivity index (χ0n) is 16.3. The van der Waals surface area contributed by atoms with Gasteiger partial charge in [-0.3, -0.25) is 10.1 Å². The molecule has 0 saturated carbocycles. The lowest BCUT2D eigenvalue weighted by atomic mass is 10.1. The van der Waals surface area contributed by atoms with E-state index in [1.54, 1.807) is 6.07 Å². The summed E-state index contributed by atoms with van der Waals surface area (Å²) in [6, 6.07) is 14.5. The lowest BCUT2D eigenvalue weighted by molar-refractivity contribution is -0.384. The first kappa shape index (κ1) is 19.1. The van der Waals surface area contributed by atoms with Crippen LogP contribution in [0.3, 0.4) is 0 Å². The van der Waals surface area contributed by atoms with Gasteiger partial charge >= 0.3 is 0 Å². The van der Waals surface area contributed by atoms with Crippen molar-refractivity contribution in [2.75, 3.05) is 11.9 Å². The number of nitro benzene ring substituents is 1. The summed E-state index contributed by atoms with van der Waals surface area (Å²) in [4.78, 5) is 12.4. The van der Waals surface area contributed by atoms with Gasteiger partial charge < -0.3 is 4.90 Å². The minimum Gasteiger partial charge on any atom is -0.369 e. The van der Waals surface area contributed by atoms with Crippen LogP contribution in [0.1, 0.15) is 28.1 Å². The van der Waals surface area contributed by atoms with Crippen molar-refractivity contribution in [3.8, 4) is 11.8 Å². The molecular formula is C21H21N5O2. The van der Waals surface area contributed by atoms with Crippen molar-refractivity contribution in [1.29, 1.82) is 5.26 Å². The number of anilines is 1. The number of nitrogens with zero attached hydrogens (tertiary/aromatic N) is 5. The van der Waals surface area contributed by atoms with Gasteiger partial charge in [0.05, 0.1) is 27.6 Å². The maximum atomic E-state index is 11.0. The van der Waals surface area contributed by atoms with E-state index in [4.69, 9.17) is 5.10 Å². The van der Waals surface area contributed by atoms with Crippen molar-refractivity contribution in [3.05, 3.63) is 80.7 Å². The zero-order valence-corrected chi connectivity index (χ0v) is 16.3. The number of nitro groups is 1. The van der Waals surface area contributed by atoms with E-state index >= 15 is 0 Å². The lowest BCUT2D eigenvalue weighted by Gasteiger charge is -2.21. The topological polar surface area (TPSA) is 88.0 Å². The molecule has 0 atom stereocenters. The van der Waals surface area contributed by atoms with Gasteiger partial charge in [-0.15, -0.1) is 0 Å². The molecule has 0 spiro atoms. The summed E-state index contributed by atoms with van der Waals surface area (Å²) in [5.41, 5.74) is 6.00. The van der Waals surface area contributed by atoms with E-state index in [0.717, 1.165) is 28.2 Å². The van der Waals surface area contributed by atoms with Gasteiger partial charge in [0, 0.05) is 37.0 Å². The summed E-state index contributed by atoms with van der Waals surface area (Å²) in [5, 5.41) is 25.1. The molecule has 0 saturated heterocycles. The first-order valence-corrected chi connectivity index (χ1v) is 8.84. The fourth-order valence-electron chi connectivity index (χ4n) is 3.32. The average Bonchev–Trinajstić information content (AvgIpc) is 2.95. The molecule has 0 bridgehead atoms. The molecule has 0 unspecified atom stereocenters. The molecule has 1 heterocycles. The standard InChI is InChI=1S/C21H21N5O2/c1-14-7-5-6-8-20(14)25-16(3)19(15(2)23-25)13-24(4)21-10-9-18(26(27)28)11-17(21)12-22/h5-11H,13H2,1-4H3. The van der Waals surface area contributed by atoms with Crippen molar-refractivity contribution in [2.45, 2.75) is 27.3 Å². The van der Waals surface area contributed by atoms with Crippen molar-refractivity contribution in [3.63, 3.8) is 0 Å². The quantitative estimate of drug-likeness (QED) is 0.492. The Morgan fingerprint density at radius 3 is 2.57 bits per heavy atom. The van der Waals surface area contributed by atoms with Gasteiger partial charge in [-0.2, -0.15) is 10.4 Å². The van der Waals surface area contributed by atoms with E-state index in [1.807, 2.05) is 61.7 Å². The van der Waals surface area contributed by atoms with Gasteiger partial charge in [0.2, 0.25) is 0 Å². The highest BCUT2D eigenvalue weighted by atomic mass is 16.6. The second kappa shape index (κ2) is 7.53. The van der Waals surface area contributed by atoms with Crippen LogP contribution in [0.25, 0.3) is 5.69 Å². The predicted molar refractivity (Wildman–Crippen MR) is 108 cm³/mol. The van der Waals surface area contributed by atoms with E-state index in [1.165, 1.54) is 12.1 Å². The highest BCUT2D eigenvalue weighted by Gasteiger charge is 2.18. The Hall–Kier alpha value is -3.66. The van der Waals surface area contributed by atoms with Crippen LogP contribution in [0.15, 0.2) is 42.5 Å². The van der Waals surface area contributed by atoms with Crippen LogP contribution in [0.4, 0.5) is 11.4 Å². The molecule has 0 N–H and O–H groups in total. The second-order valence-corrected chi connectivity index (χ2v) is 6.77. The van der Waals surface area contributed by atoms with Gasteiger partial charge in [-0.1, -0.05) is 18.2 Å². The summed E-state index contributed by atoms with van der Waals surface area (Å²) in [7, 11) is 1.87. The molecule has 0 aliphatic carbocycles. The van der Waals surface area contributed by atoms with Crippen LogP contribution in [0.2, 0.25) is 0 Å². The number of para-hydroxylation sites is 1. The van der Waals surface area contributed by atoms with Crippen LogP contribution in [0, 0.1) is 42.2 Å². The summed E-state index contributed by atoms with van der Waals surface area (Å²) in [5.74, 6) is 0. The Kier molecular flexibility index (Phi) is 5.14. The Bertz CT molecular complexity index is 1090. The van der Waals surface area contributed by atoms with Crippen LogP contribution < -0.4 is 4.90 Å². The summed E-state index contributed by atoms with van der Waals surface area (Å²) < 4.78 is 1.94. The molecule has 1 aromatic heterocycles. The Morgan fingerprint density at radius 1 is 1.21 bits per heavy atom. The monoisotopic (exact) mass is 375 g/mol. The smallest absolute Gasteiger partial charge is 0.270 e. The molecule has 0 aliphatic heterocycles. The number of non-ortho nitro benzene ring substituents is 1. The van der Waals surface area contributed by atoms with Crippen molar-refractivity contribution >= 4 is 11.4 Å². The van der Waals surface area contributed by atoms with E-state index in [9.17, 15) is 15.4 Å². The largest absolute Gasteiger partial charge is 0.369 e. The predicted octanol–water partition coefficient (Wildman–Crippen LogP) is 4.21. The molecule has 0 radical (unpaired) electrons. The van der Waals surface area contributed by atoms with E-state index in [2.05, 4.69) is 6.07 Å². The molecular weight excluding hydrogens is 354 g/mol. The minimum absolute atomic E-state index is 0.0894. The summed E-state index contributed by atoms with van der Waals surface area (Å²) in [6.07, 6.45) is 0. The number of nitriles is 1. The van der Waals surface area contributed by atoms with Gasteiger partial charge in [0.1, 0.15) is 6.07 Å². The number of aryl methyl sites for hydroxylation is 2. The molecule has 2 aromatic carbocycles. The second-order valence-electron chi connectivity index (χ2n) is 6.77. The van der Waals surface area contributed by atoms with Gasteiger partial charge in [-0.05, 0) is 38.5 Å². The van der Waals surface area contributed by atoms with E-state index in [0.29, 0.717) is 12.2 Å². The molecule has 142 valence electrons. The normalized spacial score (nSPS) is 10.5. The third kappa shape index (κ3) is 3.45. The van der Waals surface area contributed by atoms with Crippen molar-refractivity contribution in [1.82, 2.24) is 9.78 Å². The maximum Gasteiger partial charge on any atom is 0.270 e.